The molecule has 0 amide bonds. The van der Waals surface area contributed by atoms with Gasteiger partial charge in [0.15, 0.2) is 0 Å². The van der Waals surface area contributed by atoms with Crippen LogP contribution >= 0.6 is 0 Å². The van der Waals surface area contributed by atoms with Crippen molar-refractivity contribution in [1.29, 1.82) is 0 Å². The lowest BCUT2D eigenvalue weighted by Crippen LogP contribution is -2.29. The Morgan fingerprint density at radius 2 is 1.75 bits per heavy atom. The van der Waals surface area contributed by atoms with Crippen LogP contribution in [0.4, 0.5) is 0 Å². The van der Waals surface area contributed by atoms with Crippen molar-refractivity contribution in [3.8, 4) is 0 Å². The van der Waals surface area contributed by atoms with E-state index in [4.69, 9.17) is 0 Å². The first kappa shape index (κ1) is 13.2. The highest BCUT2D eigenvalue weighted by molar-refractivity contribution is 4.74. The molecule has 0 saturated heterocycles. The quantitative estimate of drug-likeness (QED) is 0.642. The van der Waals surface area contributed by atoms with E-state index < -0.39 is 0 Å². The molecule has 0 bridgehead atoms. The molecule has 0 aromatic carbocycles. The Kier molecular flexibility index (Phi) is 6.90. The second-order valence-electron chi connectivity index (χ2n) is 4.35. The molecule has 0 atom stereocenters. The fourth-order valence-corrected chi connectivity index (χ4v) is 1.77. The minimum atomic E-state index is 1.06. The maximum Gasteiger partial charge on any atom is 0.0946 e. The molecule has 0 radical (unpaired) electrons. The van der Waals surface area contributed by atoms with Gasteiger partial charge in [0, 0.05) is 25.5 Å². The van der Waals surface area contributed by atoms with Gasteiger partial charge in [-0.1, -0.05) is 26.7 Å². The zero-order valence-corrected chi connectivity index (χ0v) is 10.7. The van der Waals surface area contributed by atoms with Crippen LogP contribution in [0, 0.1) is 0 Å². The molecule has 0 spiro atoms. The predicted molar refractivity (Wildman–Crippen MR) is 68.5 cm³/mol. The highest BCUT2D eigenvalue weighted by Gasteiger charge is 2.03. The lowest BCUT2D eigenvalue weighted by molar-refractivity contribution is 0.255. The van der Waals surface area contributed by atoms with E-state index in [1.165, 1.54) is 38.8 Å². The molecule has 0 aliphatic carbocycles. The summed E-state index contributed by atoms with van der Waals surface area (Å²) in [5.74, 6) is 0. The minimum absolute atomic E-state index is 1.06. The number of aromatic nitrogens is 2. The molecule has 3 heteroatoms. The van der Waals surface area contributed by atoms with Gasteiger partial charge in [0.2, 0.25) is 0 Å². The maximum atomic E-state index is 4.07. The average molecular weight is 223 g/mol. The third kappa shape index (κ3) is 5.31. The summed E-state index contributed by atoms with van der Waals surface area (Å²) >= 11 is 0. The lowest BCUT2D eigenvalue weighted by atomic mass is 10.2. The Morgan fingerprint density at radius 1 is 1.06 bits per heavy atom. The van der Waals surface area contributed by atoms with Crippen molar-refractivity contribution in [1.82, 2.24) is 14.5 Å². The summed E-state index contributed by atoms with van der Waals surface area (Å²) in [7, 11) is 0. The summed E-state index contributed by atoms with van der Waals surface area (Å²) in [4.78, 5) is 6.65. The van der Waals surface area contributed by atoms with Gasteiger partial charge < -0.3 is 9.47 Å². The molecule has 0 unspecified atom stereocenters. The van der Waals surface area contributed by atoms with Crippen LogP contribution in [0.2, 0.25) is 0 Å². The number of unbranched alkanes of at least 4 members (excludes halogenated alkanes) is 2. The summed E-state index contributed by atoms with van der Waals surface area (Å²) in [6.07, 6.45) is 11.0. The molecule has 1 aromatic rings. The number of imidazole rings is 1. The molecule has 0 aliphatic heterocycles. The first-order valence-corrected chi connectivity index (χ1v) is 6.55. The Labute approximate surface area is 99.5 Å². The van der Waals surface area contributed by atoms with Crippen molar-refractivity contribution in [2.75, 3.05) is 19.6 Å². The van der Waals surface area contributed by atoms with E-state index in [1.54, 1.807) is 0 Å². The second-order valence-corrected chi connectivity index (χ2v) is 4.35. The van der Waals surface area contributed by atoms with E-state index in [2.05, 4.69) is 28.3 Å². The van der Waals surface area contributed by atoms with Crippen LogP contribution < -0.4 is 0 Å². The predicted octanol–water partition coefficient (Wildman–Crippen LogP) is 2.79. The third-order valence-corrected chi connectivity index (χ3v) is 2.89. The highest BCUT2D eigenvalue weighted by Crippen LogP contribution is 2.00. The van der Waals surface area contributed by atoms with E-state index in [1.807, 2.05) is 18.7 Å². The van der Waals surface area contributed by atoms with Gasteiger partial charge in [-0.2, -0.15) is 0 Å². The fourth-order valence-electron chi connectivity index (χ4n) is 1.77. The largest absolute Gasteiger partial charge is 0.336 e. The third-order valence-electron chi connectivity index (χ3n) is 2.89. The Morgan fingerprint density at radius 3 is 2.25 bits per heavy atom. The molecule has 16 heavy (non-hydrogen) atoms. The molecule has 1 rings (SSSR count). The molecule has 0 fully saturated rings. The van der Waals surface area contributed by atoms with Gasteiger partial charge in [-0.3, -0.25) is 0 Å². The molecular formula is C13H25N3. The van der Waals surface area contributed by atoms with Crippen LogP contribution in [0.1, 0.15) is 39.5 Å². The highest BCUT2D eigenvalue weighted by atomic mass is 15.1. The van der Waals surface area contributed by atoms with Crippen LogP contribution in [-0.2, 0) is 6.54 Å². The summed E-state index contributed by atoms with van der Waals surface area (Å²) in [6, 6.07) is 0. The van der Waals surface area contributed by atoms with Crippen LogP contribution in [-0.4, -0.2) is 34.1 Å². The molecule has 1 heterocycles. The van der Waals surface area contributed by atoms with Gasteiger partial charge in [-0.05, 0) is 25.9 Å². The zero-order chi connectivity index (χ0) is 11.6. The Hall–Kier alpha value is -0.830. The van der Waals surface area contributed by atoms with Crippen molar-refractivity contribution >= 4 is 0 Å². The number of rotatable bonds is 9. The van der Waals surface area contributed by atoms with Crippen molar-refractivity contribution < 1.29 is 0 Å². The van der Waals surface area contributed by atoms with Crippen LogP contribution in [0.3, 0.4) is 0 Å². The van der Waals surface area contributed by atoms with Gasteiger partial charge >= 0.3 is 0 Å². The first-order valence-electron chi connectivity index (χ1n) is 6.55. The van der Waals surface area contributed by atoms with Gasteiger partial charge in [0.05, 0.1) is 6.33 Å². The van der Waals surface area contributed by atoms with Crippen molar-refractivity contribution in [2.24, 2.45) is 0 Å². The molecular weight excluding hydrogens is 198 g/mol. The van der Waals surface area contributed by atoms with Gasteiger partial charge in [-0.15, -0.1) is 0 Å². The second kappa shape index (κ2) is 8.34. The van der Waals surface area contributed by atoms with Crippen molar-refractivity contribution in [2.45, 2.75) is 46.1 Å². The van der Waals surface area contributed by atoms with Crippen LogP contribution in [0.5, 0.6) is 0 Å². The maximum absolute atomic E-state index is 4.07. The Balaban J connectivity index is 2.25. The molecule has 0 N–H and O–H groups in total. The van der Waals surface area contributed by atoms with Crippen molar-refractivity contribution in [3.63, 3.8) is 0 Å². The average Bonchev–Trinajstić information content (AvgIpc) is 2.81. The molecule has 3 nitrogen and oxygen atoms in total. The Bertz CT molecular complexity index is 236. The van der Waals surface area contributed by atoms with Crippen LogP contribution in [0.25, 0.3) is 0 Å². The number of nitrogens with zero attached hydrogens (tertiary/aromatic N) is 3. The topological polar surface area (TPSA) is 21.1 Å². The smallest absolute Gasteiger partial charge is 0.0946 e. The SMILES string of the molecule is CCCCN(CCCC)CCn1ccnc1. The summed E-state index contributed by atoms with van der Waals surface area (Å²) < 4.78 is 2.16. The lowest BCUT2D eigenvalue weighted by Gasteiger charge is -2.21. The molecule has 0 saturated carbocycles. The molecule has 92 valence electrons. The van der Waals surface area contributed by atoms with Gasteiger partial charge in [0.25, 0.3) is 0 Å². The van der Waals surface area contributed by atoms with E-state index >= 15 is 0 Å². The normalized spacial score (nSPS) is 11.2. The first-order chi connectivity index (χ1) is 7.86. The van der Waals surface area contributed by atoms with E-state index in [9.17, 15) is 0 Å². The van der Waals surface area contributed by atoms with E-state index in [0.29, 0.717) is 0 Å². The number of hydrogen-bond donors (Lipinski definition) is 0. The van der Waals surface area contributed by atoms with E-state index in [0.717, 1.165) is 13.1 Å². The fraction of sp³-hybridized carbons (Fsp3) is 0.769. The molecule has 0 aliphatic rings. The van der Waals surface area contributed by atoms with Gasteiger partial charge in [0.1, 0.15) is 0 Å². The zero-order valence-electron chi connectivity index (χ0n) is 10.7. The monoisotopic (exact) mass is 223 g/mol. The van der Waals surface area contributed by atoms with Crippen LogP contribution in [0.15, 0.2) is 18.7 Å². The summed E-state index contributed by atoms with van der Waals surface area (Å²) in [5, 5.41) is 0. The van der Waals surface area contributed by atoms with E-state index in [-0.39, 0.29) is 0 Å². The van der Waals surface area contributed by atoms with Crippen molar-refractivity contribution in [3.05, 3.63) is 18.7 Å². The standard InChI is InChI=1S/C13H25N3/c1-3-5-8-15(9-6-4-2)11-12-16-10-7-14-13-16/h7,10,13H,3-6,8-9,11-12H2,1-2H3. The molecule has 1 aromatic heterocycles. The summed E-state index contributed by atoms with van der Waals surface area (Å²) in [5.41, 5.74) is 0. The van der Waals surface area contributed by atoms with Gasteiger partial charge in [-0.25, -0.2) is 4.98 Å². The minimum Gasteiger partial charge on any atom is -0.336 e. The summed E-state index contributed by atoms with van der Waals surface area (Å²) in [6.45, 7) is 9.21. The number of hydrogen-bond acceptors (Lipinski definition) is 2.